The molecule has 0 radical (unpaired) electrons. The van der Waals surface area contributed by atoms with Gasteiger partial charge >= 0.3 is 0 Å². The zero-order chi connectivity index (χ0) is 15.0. The van der Waals surface area contributed by atoms with E-state index in [2.05, 4.69) is 4.72 Å². The van der Waals surface area contributed by atoms with Gasteiger partial charge in [-0.05, 0) is 25.3 Å². The van der Waals surface area contributed by atoms with Gasteiger partial charge in [-0.15, -0.1) is 0 Å². The number of halogens is 1. The van der Waals surface area contributed by atoms with Crippen LogP contribution in [0.4, 0.5) is 10.1 Å². The first-order valence-electron chi connectivity index (χ1n) is 5.88. The zero-order valence-corrected chi connectivity index (χ0v) is 11.2. The first-order chi connectivity index (χ1) is 9.30. The first kappa shape index (κ1) is 14.8. The number of rotatable bonds is 5. The predicted octanol–water partition coefficient (Wildman–Crippen LogP) is 0.927. The number of hydrogen-bond acceptors (Lipinski definition) is 5. The largest absolute Gasteiger partial charge is 0.394 e. The van der Waals surface area contributed by atoms with E-state index in [4.69, 9.17) is 0 Å². The van der Waals surface area contributed by atoms with E-state index in [-0.39, 0.29) is 6.61 Å². The number of aliphatic hydroxyl groups is 1. The van der Waals surface area contributed by atoms with Crippen LogP contribution in [-0.2, 0) is 10.0 Å². The molecule has 1 aliphatic carbocycles. The summed E-state index contributed by atoms with van der Waals surface area (Å²) in [6, 6.07) is 2.32. The molecule has 9 heteroatoms. The van der Waals surface area contributed by atoms with E-state index in [1.54, 1.807) is 0 Å². The maximum Gasteiger partial charge on any atom is 0.272 e. The van der Waals surface area contributed by atoms with Crippen LogP contribution in [-0.4, -0.2) is 30.6 Å². The highest BCUT2D eigenvalue weighted by Crippen LogP contribution is 2.33. The number of benzene rings is 1. The number of nitro benzene ring substituents is 1. The number of aliphatic hydroxyl groups excluding tert-OH is 1. The molecule has 0 amide bonds. The van der Waals surface area contributed by atoms with Gasteiger partial charge in [-0.3, -0.25) is 10.1 Å². The molecule has 1 aromatic rings. The minimum Gasteiger partial charge on any atom is -0.394 e. The van der Waals surface area contributed by atoms with E-state index in [0.717, 1.165) is 18.6 Å². The van der Waals surface area contributed by atoms with Crippen molar-refractivity contribution in [1.82, 2.24) is 4.72 Å². The van der Waals surface area contributed by atoms with Crippen LogP contribution in [0.3, 0.4) is 0 Å². The molecule has 0 spiro atoms. The molecule has 2 N–H and O–H groups in total. The Kier molecular flexibility index (Phi) is 3.76. The van der Waals surface area contributed by atoms with Crippen molar-refractivity contribution < 1.29 is 22.8 Å². The van der Waals surface area contributed by atoms with Crippen LogP contribution in [0.25, 0.3) is 0 Å². The SMILES string of the molecule is O=[N+]([O-])c1ccc(S(=O)(=O)NC2(CO)CCC2)c(F)c1. The van der Waals surface area contributed by atoms with Crippen LogP contribution in [0.5, 0.6) is 0 Å². The highest BCUT2D eigenvalue weighted by Gasteiger charge is 2.41. The highest BCUT2D eigenvalue weighted by molar-refractivity contribution is 7.89. The van der Waals surface area contributed by atoms with Gasteiger partial charge in [-0.1, -0.05) is 0 Å². The molecule has 0 aliphatic heterocycles. The molecule has 0 unspecified atom stereocenters. The topological polar surface area (TPSA) is 110 Å². The van der Waals surface area contributed by atoms with Crippen molar-refractivity contribution in [3.05, 3.63) is 34.1 Å². The van der Waals surface area contributed by atoms with Crippen molar-refractivity contribution in [3.8, 4) is 0 Å². The molecule has 1 aromatic carbocycles. The minimum atomic E-state index is -4.17. The molecule has 0 atom stereocenters. The average molecular weight is 304 g/mol. The summed E-state index contributed by atoms with van der Waals surface area (Å²) >= 11 is 0. The Morgan fingerprint density at radius 3 is 2.50 bits per heavy atom. The van der Waals surface area contributed by atoms with Gasteiger partial charge in [0.15, 0.2) is 0 Å². The molecular weight excluding hydrogens is 291 g/mol. The summed E-state index contributed by atoms with van der Waals surface area (Å²) in [6.07, 6.45) is 1.71. The summed E-state index contributed by atoms with van der Waals surface area (Å²) < 4.78 is 40.1. The molecule has 2 rings (SSSR count). The molecule has 110 valence electrons. The second kappa shape index (κ2) is 5.08. The molecule has 7 nitrogen and oxygen atoms in total. The Balaban J connectivity index is 2.32. The summed E-state index contributed by atoms with van der Waals surface area (Å²) in [5.41, 5.74) is -1.48. The van der Waals surface area contributed by atoms with Crippen molar-refractivity contribution in [2.45, 2.75) is 29.7 Å². The van der Waals surface area contributed by atoms with Gasteiger partial charge in [0.25, 0.3) is 5.69 Å². The van der Waals surface area contributed by atoms with Crippen LogP contribution in [0, 0.1) is 15.9 Å². The summed E-state index contributed by atoms with van der Waals surface area (Å²) in [6.45, 7) is -0.374. The third-order valence-corrected chi connectivity index (χ3v) is 4.99. The van der Waals surface area contributed by atoms with Gasteiger partial charge in [0.05, 0.1) is 23.1 Å². The number of nitrogens with zero attached hydrogens (tertiary/aromatic N) is 1. The van der Waals surface area contributed by atoms with Crippen molar-refractivity contribution in [3.63, 3.8) is 0 Å². The quantitative estimate of drug-likeness (QED) is 0.621. The van der Waals surface area contributed by atoms with Crippen molar-refractivity contribution in [2.24, 2.45) is 0 Å². The van der Waals surface area contributed by atoms with Crippen LogP contribution in [0.15, 0.2) is 23.1 Å². The molecule has 20 heavy (non-hydrogen) atoms. The number of sulfonamides is 1. The Labute approximate surface area is 114 Å². The van der Waals surface area contributed by atoms with Crippen molar-refractivity contribution >= 4 is 15.7 Å². The van der Waals surface area contributed by atoms with E-state index in [0.29, 0.717) is 18.9 Å². The standard InChI is InChI=1S/C11H13FN2O5S/c12-9-6-8(14(16)17)2-3-10(9)20(18,19)13-11(7-15)4-1-5-11/h2-3,6,13,15H,1,4-5,7H2. The molecular formula is C11H13FN2O5S. The highest BCUT2D eigenvalue weighted by atomic mass is 32.2. The van der Waals surface area contributed by atoms with Crippen LogP contribution in [0.2, 0.25) is 0 Å². The number of hydrogen-bond donors (Lipinski definition) is 2. The van der Waals surface area contributed by atoms with Gasteiger partial charge in [0.1, 0.15) is 10.7 Å². The molecule has 1 fully saturated rings. The Morgan fingerprint density at radius 2 is 2.10 bits per heavy atom. The lowest BCUT2D eigenvalue weighted by molar-refractivity contribution is -0.385. The fraction of sp³-hybridized carbons (Fsp3) is 0.455. The van der Waals surface area contributed by atoms with E-state index >= 15 is 0 Å². The monoisotopic (exact) mass is 304 g/mol. The fourth-order valence-corrected chi connectivity index (χ4v) is 3.57. The third-order valence-electron chi connectivity index (χ3n) is 3.38. The van der Waals surface area contributed by atoms with E-state index in [1.807, 2.05) is 0 Å². The van der Waals surface area contributed by atoms with Gasteiger partial charge in [-0.2, -0.15) is 0 Å². The van der Waals surface area contributed by atoms with Gasteiger partial charge in [0, 0.05) is 6.07 Å². The Hall–Kier alpha value is -1.58. The molecule has 1 aliphatic rings. The normalized spacial score (nSPS) is 17.5. The van der Waals surface area contributed by atoms with Crippen molar-refractivity contribution in [1.29, 1.82) is 0 Å². The van der Waals surface area contributed by atoms with Crippen LogP contribution >= 0.6 is 0 Å². The number of non-ortho nitro benzene ring substituents is 1. The smallest absolute Gasteiger partial charge is 0.272 e. The summed E-state index contributed by atoms with van der Waals surface area (Å²) in [5.74, 6) is -1.20. The van der Waals surface area contributed by atoms with Gasteiger partial charge in [-0.25, -0.2) is 17.5 Å². The Bertz CT molecular complexity index is 637. The predicted molar refractivity (Wildman–Crippen MR) is 67.0 cm³/mol. The van der Waals surface area contributed by atoms with E-state index in [1.165, 1.54) is 0 Å². The molecule has 0 bridgehead atoms. The third kappa shape index (κ3) is 2.65. The Morgan fingerprint density at radius 1 is 1.45 bits per heavy atom. The second-order valence-electron chi connectivity index (χ2n) is 4.77. The maximum atomic E-state index is 13.7. The molecule has 0 aromatic heterocycles. The van der Waals surface area contributed by atoms with E-state index < -0.39 is 36.9 Å². The lowest BCUT2D eigenvalue weighted by Gasteiger charge is -2.40. The van der Waals surface area contributed by atoms with Crippen LogP contribution in [0.1, 0.15) is 19.3 Å². The van der Waals surface area contributed by atoms with Gasteiger partial charge < -0.3 is 5.11 Å². The molecule has 0 heterocycles. The number of nitrogens with one attached hydrogen (secondary N) is 1. The summed E-state index contributed by atoms with van der Waals surface area (Å²) in [7, 11) is -4.17. The maximum absolute atomic E-state index is 13.7. The lowest BCUT2D eigenvalue weighted by atomic mass is 9.78. The van der Waals surface area contributed by atoms with Crippen molar-refractivity contribution in [2.75, 3.05) is 6.61 Å². The van der Waals surface area contributed by atoms with Crippen LogP contribution < -0.4 is 4.72 Å². The minimum absolute atomic E-state index is 0.374. The summed E-state index contributed by atoms with van der Waals surface area (Å²) in [5, 5.41) is 19.7. The first-order valence-corrected chi connectivity index (χ1v) is 7.37. The van der Waals surface area contributed by atoms with E-state index in [9.17, 15) is 28.0 Å². The average Bonchev–Trinajstić information content (AvgIpc) is 2.33. The fourth-order valence-electron chi connectivity index (χ4n) is 2.06. The molecule has 0 saturated heterocycles. The molecule has 1 saturated carbocycles. The zero-order valence-electron chi connectivity index (χ0n) is 10.4. The van der Waals surface area contributed by atoms with Gasteiger partial charge in [0.2, 0.25) is 10.0 Å². The lowest BCUT2D eigenvalue weighted by Crippen LogP contribution is -2.56. The summed E-state index contributed by atoms with van der Waals surface area (Å²) in [4.78, 5) is 9.01. The number of nitro groups is 1. The second-order valence-corrected chi connectivity index (χ2v) is 6.42.